The highest BCUT2D eigenvalue weighted by molar-refractivity contribution is 7.57. The first-order chi connectivity index (χ1) is 9.00. The number of carbonyl (C=O) groups is 1. The first-order valence-corrected chi connectivity index (χ1v) is 7.62. The molecule has 0 saturated heterocycles. The molecule has 2 atom stereocenters. The van der Waals surface area contributed by atoms with E-state index >= 15 is 0 Å². The molecule has 0 saturated carbocycles. The fourth-order valence-corrected chi connectivity index (χ4v) is 3.19. The molecule has 0 spiro atoms. The van der Waals surface area contributed by atoms with Gasteiger partial charge in [-0.25, -0.2) is 5.09 Å². The summed E-state index contributed by atoms with van der Waals surface area (Å²) in [4.78, 5) is 11.4. The van der Waals surface area contributed by atoms with Gasteiger partial charge in [-0.3, -0.25) is 9.36 Å². The molecule has 0 bridgehead atoms. The molecule has 1 N–H and O–H groups in total. The second kappa shape index (κ2) is 7.12. The first-order valence-electron chi connectivity index (χ1n) is 5.81. The molecular weight excluding hydrogens is 265 g/mol. The molecular formula is C13H18NO4P. The molecule has 104 valence electrons. The molecule has 6 heteroatoms. The van der Waals surface area contributed by atoms with E-state index in [1.165, 1.54) is 13.2 Å². The SMILES string of the molecule is C=CCP(=O)(N[C@@H](C)C(=O)OC)Oc1ccccc1. The van der Waals surface area contributed by atoms with E-state index in [1.807, 2.05) is 6.07 Å². The average molecular weight is 283 g/mol. The summed E-state index contributed by atoms with van der Waals surface area (Å²) in [6.45, 7) is 5.12. The first kappa shape index (κ1) is 15.5. The van der Waals surface area contributed by atoms with Crippen LogP contribution < -0.4 is 9.61 Å². The lowest BCUT2D eigenvalue weighted by Crippen LogP contribution is -2.34. The van der Waals surface area contributed by atoms with Gasteiger partial charge in [0.1, 0.15) is 11.8 Å². The minimum atomic E-state index is -3.23. The van der Waals surface area contributed by atoms with Crippen LogP contribution in [-0.2, 0) is 14.1 Å². The Bertz CT molecular complexity index is 475. The van der Waals surface area contributed by atoms with Crippen LogP contribution in [0.5, 0.6) is 5.75 Å². The second-order valence-corrected chi connectivity index (χ2v) is 6.08. The van der Waals surface area contributed by atoms with Gasteiger partial charge < -0.3 is 9.26 Å². The Morgan fingerprint density at radius 3 is 2.63 bits per heavy atom. The van der Waals surface area contributed by atoms with Crippen molar-refractivity contribution in [2.75, 3.05) is 13.3 Å². The maximum Gasteiger partial charge on any atom is 0.323 e. The molecule has 1 unspecified atom stereocenters. The predicted molar refractivity (Wildman–Crippen MR) is 74.4 cm³/mol. The van der Waals surface area contributed by atoms with Gasteiger partial charge in [-0.1, -0.05) is 24.3 Å². The largest absolute Gasteiger partial charge is 0.468 e. The molecule has 1 aromatic carbocycles. The van der Waals surface area contributed by atoms with Crippen molar-refractivity contribution >= 4 is 13.5 Å². The summed E-state index contributed by atoms with van der Waals surface area (Å²) in [5, 5.41) is 2.68. The summed E-state index contributed by atoms with van der Waals surface area (Å²) in [7, 11) is -1.96. The lowest BCUT2D eigenvalue weighted by atomic mass is 10.3. The van der Waals surface area contributed by atoms with E-state index in [0.717, 1.165) is 0 Å². The summed E-state index contributed by atoms with van der Waals surface area (Å²) in [6, 6.07) is 8.05. The van der Waals surface area contributed by atoms with E-state index in [0.29, 0.717) is 5.75 Å². The third-order valence-electron chi connectivity index (χ3n) is 2.31. The van der Waals surface area contributed by atoms with E-state index in [9.17, 15) is 9.36 Å². The molecule has 0 aliphatic rings. The Labute approximate surface area is 113 Å². The van der Waals surface area contributed by atoms with Crippen molar-refractivity contribution in [2.45, 2.75) is 13.0 Å². The van der Waals surface area contributed by atoms with Gasteiger partial charge in [0.25, 0.3) is 0 Å². The quantitative estimate of drug-likeness (QED) is 0.473. The Balaban J connectivity index is 2.82. The predicted octanol–water partition coefficient (Wildman–Crippen LogP) is 2.60. The number of benzene rings is 1. The molecule has 0 aromatic heterocycles. The van der Waals surface area contributed by atoms with E-state index in [1.54, 1.807) is 31.2 Å². The molecule has 0 fully saturated rings. The summed E-state index contributed by atoms with van der Waals surface area (Å²) in [5.41, 5.74) is 0. The van der Waals surface area contributed by atoms with Crippen LogP contribution in [0.15, 0.2) is 43.0 Å². The number of ether oxygens (including phenoxy) is 1. The van der Waals surface area contributed by atoms with Crippen LogP contribution in [-0.4, -0.2) is 25.3 Å². The summed E-state index contributed by atoms with van der Waals surface area (Å²) >= 11 is 0. The second-order valence-electron chi connectivity index (χ2n) is 3.92. The molecule has 0 amide bonds. The number of methoxy groups -OCH3 is 1. The Kier molecular flexibility index (Phi) is 5.80. The smallest absolute Gasteiger partial charge is 0.323 e. The molecule has 1 rings (SSSR count). The lowest BCUT2D eigenvalue weighted by molar-refractivity contribution is -0.142. The highest BCUT2D eigenvalue weighted by atomic mass is 31.2. The number of nitrogens with one attached hydrogen (secondary N) is 1. The van der Waals surface area contributed by atoms with Crippen LogP contribution in [0.3, 0.4) is 0 Å². The Morgan fingerprint density at radius 1 is 1.47 bits per heavy atom. The zero-order valence-electron chi connectivity index (χ0n) is 11.0. The minimum Gasteiger partial charge on any atom is -0.468 e. The van der Waals surface area contributed by atoms with Gasteiger partial charge >= 0.3 is 13.5 Å². The third kappa shape index (κ3) is 4.89. The number of hydrogen-bond acceptors (Lipinski definition) is 4. The molecule has 0 aliphatic heterocycles. The van der Waals surface area contributed by atoms with Crippen LogP contribution in [0.4, 0.5) is 0 Å². The van der Waals surface area contributed by atoms with Gasteiger partial charge in [-0.15, -0.1) is 6.58 Å². The van der Waals surface area contributed by atoms with Crippen LogP contribution >= 0.6 is 7.52 Å². The van der Waals surface area contributed by atoms with Gasteiger partial charge in [0, 0.05) is 0 Å². The number of allylic oxidation sites excluding steroid dienone is 1. The number of hydrogen-bond donors (Lipinski definition) is 1. The molecule has 1 aromatic rings. The maximum atomic E-state index is 12.6. The minimum absolute atomic E-state index is 0.114. The lowest BCUT2D eigenvalue weighted by Gasteiger charge is -2.22. The van der Waals surface area contributed by atoms with Gasteiger partial charge in [-0.05, 0) is 19.1 Å². The van der Waals surface area contributed by atoms with Gasteiger partial charge in [0.05, 0.1) is 13.3 Å². The molecule has 0 heterocycles. The number of carbonyl (C=O) groups excluding carboxylic acids is 1. The maximum absolute atomic E-state index is 12.6. The highest BCUT2D eigenvalue weighted by Gasteiger charge is 2.28. The van der Waals surface area contributed by atoms with Crippen molar-refractivity contribution in [3.8, 4) is 5.75 Å². The number of rotatable bonds is 7. The Hall–Kier alpha value is -1.58. The van der Waals surface area contributed by atoms with Crippen molar-refractivity contribution in [3.05, 3.63) is 43.0 Å². The van der Waals surface area contributed by atoms with Gasteiger partial charge in [0.2, 0.25) is 0 Å². The Morgan fingerprint density at radius 2 is 2.11 bits per heavy atom. The zero-order valence-corrected chi connectivity index (χ0v) is 11.9. The van der Waals surface area contributed by atoms with E-state index in [4.69, 9.17) is 4.52 Å². The molecule has 0 radical (unpaired) electrons. The van der Waals surface area contributed by atoms with Crippen molar-refractivity contribution in [1.29, 1.82) is 0 Å². The van der Waals surface area contributed by atoms with E-state index < -0.39 is 19.5 Å². The van der Waals surface area contributed by atoms with Crippen molar-refractivity contribution < 1.29 is 18.6 Å². The van der Waals surface area contributed by atoms with Gasteiger partial charge in [-0.2, -0.15) is 0 Å². The topological polar surface area (TPSA) is 64.6 Å². The van der Waals surface area contributed by atoms with Crippen LogP contribution in [0.2, 0.25) is 0 Å². The van der Waals surface area contributed by atoms with Crippen molar-refractivity contribution in [2.24, 2.45) is 0 Å². The molecule has 5 nitrogen and oxygen atoms in total. The number of para-hydroxylation sites is 1. The third-order valence-corrected chi connectivity index (χ3v) is 4.34. The fourth-order valence-electron chi connectivity index (χ4n) is 1.46. The van der Waals surface area contributed by atoms with Crippen molar-refractivity contribution in [1.82, 2.24) is 5.09 Å². The van der Waals surface area contributed by atoms with E-state index in [-0.39, 0.29) is 6.16 Å². The highest BCUT2D eigenvalue weighted by Crippen LogP contribution is 2.43. The number of esters is 1. The van der Waals surface area contributed by atoms with E-state index in [2.05, 4.69) is 16.4 Å². The van der Waals surface area contributed by atoms with Crippen LogP contribution in [0, 0.1) is 0 Å². The van der Waals surface area contributed by atoms with Crippen LogP contribution in [0.1, 0.15) is 6.92 Å². The fraction of sp³-hybridized carbons (Fsp3) is 0.308. The summed E-state index contributed by atoms with van der Waals surface area (Å²) < 4.78 is 22.7. The molecule has 0 aliphatic carbocycles. The zero-order chi connectivity index (χ0) is 14.3. The van der Waals surface area contributed by atoms with Gasteiger partial charge in [0.15, 0.2) is 0 Å². The normalized spacial score (nSPS) is 15.1. The average Bonchev–Trinajstić information content (AvgIpc) is 2.38. The summed E-state index contributed by atoms with van der Waals surface area (Å²) in [5.74, 6) is -0.0294. The van der Waals surface area contributed by atoms with Crippen molar-refractivity contribution in [3.63, 3.8) is 0 Å². The monoisotopic (exact) mass is 283 g/mol. The summed E-state index contributed by atoms with van der Waals surface area (Å²) in [6.07, 6.45) is 1.60. The van der Waals surface area contributed by atoms with Crippen LogP contribution in [0.25, 0.3) is 0 Å². The standard InChI is InChI=1S/C13H18NO4P/c1-4-10-19(16,14-11(2)13(15)17-3)18-12-8-6-5-7-9-12/h4-9,11H,1,10H2,2-3H3,(H,14,16)/t11-,19?/m0/s1. The molecule has 19 heavy (non-hydrogen) atoms.